The van der Waals surface area contributed by atoms with E-state index in [9.17, 15) is 0 Å². The van der Waals surface area contributed by atoms with Gasteiger partial charge in [-0.15, -0.1) is 0 Å². The maximum Gasteiger partial charge on any atom is 0.183 e. The van der Waals surface area contributed by atoms with Gasteiger partial charge in [0.1, 0.15) is 5.75 Å². The molecule has 2 aliphatic rings. The Kier molecular flexibility index (Phi) is 7.82. The summed E-state index contributed by atoms with van der Waals surface area (Å²) in [6, 6.07) is 8.20. The molecule has 1 aliphatic carbocycles. The Hall–Kier alpha value is -1.06. The molecule has 1 saturated carbocycles. The van der Waals surface area contributed by atoms with Crippen LogP contribution >= 0.6 is 0 Å². The normalized spacial score (nSPS) is 29.5. The summed E-state index contributed by atoms with van der Waals surface area (Å²) in [4.78, 5) is 0. The van der Waals surface area contributed by atoms with Crippen LogP contribution in [0.2, 0.25) is 0 Å². The van der Waals surface area contributed by atoms with Gasteiger partial charge in [-0.05, 0) is 36.8 Å². The number of hydrogen-bond acceptors (Lipinski definition) is 3. The van der Waals surface area contributed by atoms with Gasteiger partial charge in [-0.1, -0.05) is 64.5 Å². The molecular weight excluding hydrogens is 324 g/mol. The van der Waals surface area contributed by atoms with E-state index in [4.69, 9.17) is 14.2 Å². The standard InChI is InChI=1S/C23H36O3/c1-3-5-19-7-9-20(10-8-19)6-4-15-24-22-13-11-21(12-14-22)23-25-16-18(2)17-26-23/h11-14,18-20,23H,3-10,15-17H2,1-2H3. The lowest BCUT2D eigenvalue weighted by Gasteiger charge is -2.28. The molecule has 0 radical (unpaired) electrons. The zero-order valence-corrected chi connectivity index (χ0v) is 16.6. The average molecular weight is 361 g/mol. The fourth-order valence-corrected chi connectivity index (χ4v) is 4.29. The molecule has 0 aromatic heterocycles. The van der Waals surface area contributed by atoms with E-state index in [1.165, 1.54) is 44.9 Å². The lowest BCUT2D eigenvalue weighted by molar-refractivity contribution is -0.202. The number of ether oxygens (including phenoxy) is 3. The van der Waals surface area contributed by atoms with Crippen molar-refractivity contribution in [2.45, 2.75) is 71.5 Å². The highest BCUT2D eigenvalue weighted by molar-refractivity contribution is 5.28. The van der Waals surface area contributed by atoms with Crippen molar-refractivity contribution in [3.05, 3.63) is 29.8 Å². The minimum Gasteiger partial charge on any atom is -0.494 e. The minimum atomic E-state index is -0.219. The first kappa shape index (κ1) is 19.7. The molecule has 0 unspecified atom stereocenters. The van der Waals surface area contributed by atoms with Gasteiger partial charge < -0.3 is 14.2 Å². The Morgan fingerprint density at radius 3 is 2.15 bits per heavy atom. The van der Waals surface area contributed by atoms with E-state index in [0.717, 1.165) is 49.4 Å². The molecule has 1 saturated heterocycles. The Balaban J connectivity index is 1.31. The van der Waals surface area contributed by atoms with Crippen molar-refractivity contribution in [2.24, 2.45) is 17.8 Å². The minimum absolute atomic E-state index is 0.219. The molecule has 1 heterocycles. The van der Waals surface area contributed by atoms with Gasteiger partial charge in [0.25, 0.3) is 0 Å². The van der Waals surface area contributed by atoms with Gasteiger partial charge in [0, 0.05) is 11.5 Å². The van der Waals surface area contributed by atoms with E-state index < -0.39 is 0 Å². The summed E-state index contributed by atoms with van der Waals surface area (Å²) in [6.45, 7) is 6.81. The van der Waals surface area contributed by atoms with Crippen molar-refractivity contribution in [3.63, 3.8) is 0 Å². The predicted molar refractivity (Wildman–Crippen MR) is 105 cm³/mol. The van der Waals surface area contributed by atoms with E-state index in [2.05, 4.69) is 26.0 Å². The van der Waals surface area contributed by atoms with Crippen LogP contribution in [0, 0.1) is 17.8 Å². The molecule has 3 heteroatoms. The van der Waals surface area contributed by atoms with Gasteiger partial charge in [-0.2, -0.15) is 0 Å². The van der Waals surface area contributed by atoms with Crippen molar-refractivity contribution < 1.29 is 14.2 Å². The first-order valence-corrected chi connectivity index (χ1v) is 10.7. The van der Waals surface area contributed by atoms with Gasteiger partial charge in [0.2, 0.25) is 0 Å². The van der Waals surface area contributed by atoms with Crippen LogP contribution in [0.5, 0.6) is 5.75 Å². The third-order valence-corrected chi connectivity index (χ3v) is 5.91. The summed E-state index contributed by atoms with van der Waals surface area (Å²) in [5.74, 6) is 3.36. The smallest absolute Gasteiger partial charge is 0.183 e. The fraction of sp³-hybridized carbons (Fsp3) is 0.739. The van der Waals surface area contributed by atoms with Gasteiger partial charge >= 0.3 is 0 Å². The lowest BCUT2D eigenvalue weighted by atomic mass is 9.78. The Labute approximate surface area is 159 Å². The molecule has 0 N–H and O–H groups in total. The van der Waals surface area contributed by atoms with Crippen LogP contribution in [0.4, 0.5) is 0 Å². The Morgan fingerprint density at radius 1 is 0.923 bits per heavy atom. The molecule has 0 bridgehead atoms. The van der Waals surface area contributed by atoms with E-state index in [1.807, 2.05) is 12.1 Å². The van der Waals surface area contributed by atoms with Gasteiger partial charge in [0.15, 0.2) is 6.29 Å². The molecule has 146 valence electrons. The third kappa shape index (κ3) is 5.99. The first-order chi connectivity index (χ1) is 12.7. The molecule has 0 amide bonds. The maximum absolute atomic E-state index is 5.93. The number of rotatable bonds is 8. The second-order valence-corrected chi connectivity index (χ2v) is 8.34. The van der Waals surface area contributed by atoms with Crippen LogP contribution < -0.4 is 4.74 Å². The van der Waals surface area contributed by atoms with Crippen LogP contribution in [0.3, 0.4) is 0 Å². The summed E-state index contributed by atoms with van der Waals surface area (Å²) in [5.41, 5.74) is 1.08. The highest BCUT2D eigenvalue weighted by Crippen LogP contribution is 2.33. The van der Waals surface area contributed by atoms with Gasteiger partial charge in [-0.25, -0.2) is 0 Å². The van der Waals surface area contributed by atoms with Crippen molar-refractivity contribution >= 4 is 0 Å². The molecule has 26 heavy (non-hydrogen) atoms. The average Bonchev–Trinajstić information content (AvgIpc) is 2.68. The van der Waals surface area contributed by atoms with E-state index >= 15 is 0 Å². The largest absolute Gasteiger partial charge is 0.494 e. The maximum atomic E-state index is 5.93. The van der Waals surface area contributed by atoms with Crippen molar-refractivity contribution in [1.29, 1.82) is 0 Å². The number of benzene rings is 1. The highest BCUT2D eigenvalue weighted by Gasteiger charge is 2.21. The molecule has 0 spiro atoms. The zero-order chi connectivity index (χ0) is 18.2. The van der Waals surface area contributed by atoms with Gasteiger partial charge in [0.05, 0.1) is 19.8 Å². The third-order valence-electron chi connectivity index (χ3n) is 5.91. The monoisotopic (exact) mass is 360 g/mol. The van der Waals surface area contributed by atoms with Gasteiger partial charge in [-0.3, -0.25) is 0 Å². The van der Waals surface area contributed by atoms with Crippen molar-refractivity contribution in [3.8, 4) is 5.75 Å². The quantitative estimate of drug-likeness (QED) is 0.522. The molecule has 0 atom stereocenters. The summed E-state index contributed by atoms with van der Waals surface area (Å²) in [7, 11) is 0. The number of hydrogen-bond donors (Lipinski definition) is 0. The summed E-state index contributed by atoms with van der Waals surface area (Å²) >= 11 is 0. The van der Waals surface area contributed by atoms with Crippen molar-refractivity contribution in [2.75, 3.05) is 19.8 Å². The lowest BCUT2D eigenvalue weighted by Crippen LogP contribution is -2.24. The summed E-state index contributed by atoms with van der Waals surface area (Å²) in [5, 5.41) is 0. The van der Waals surface area contributed by atoms with E-state index in [-0.39, 0.29) is 6.29 Å². The Morgan fingerprint density at radius 2 is 1.54 bits per heavy atom. The molecule has 3 rings (SSSR count). The van der Waals surface area contributed by atoms with E-state index in [1.54, 1.807) is 0 Å². The van der Waals surface area contributed by atoms with Crippen LogP contribution in [-0.4, -0.2) is 19.8 Å². The van der Waals surface area contributed by atoms with Crippen molar-refractivity contribution in [1.82, 2.24) is 0 Å². The predicted octanol–water partition coefficient (Wildman–Crippen LogP) is 6.13. The SMILES string of the molecule is CCCC1CCC(CCCOc2ccc(C3OCC(C)CO3)cc2)CC1. The molecule has 2 fully saturated rings. The van der Waals surface area contributed by atoms with Crippen LogP contribution in [0.1, 0.15) is 77.1 Å². The highest BCUT2D eigenvalue weighted by atomic mass is 16.7. The molecule has 1 aliphatic heterocycles. The van der Waals surface area contributed by atoms with Crippen LogP contribution in [-0.2, 0) is 9.47 Å². The fourth-order valence-electron chi connectivity index (χ4n) is 4.29. The topological polar surface area (TPSA) is 27.7 Å². The first-order valence-electron chi connectivity index (χ1n) is 10.7. The Bertz CT molecular complexity index is 497. The second kappa shape index (κ2) is 10.3. The molecule has 1 aromatic carbocycles. The summed E-state index contributed by atoms with van der Waals surface area (Å²) < 4.78 is 17.4. The molecular formula is C23H36O3. The summed E-state index contributed by atoms with van der Waals surface area (Å²) in [6.07, 6.45) is 10.8. The van der Waals surface area contributed by atoms with Crippen LogP contribution in [0.15, 0.2) is 24.3 Å². The van der Waals surface area contributed by atoms with Crippen LogP contribution in [0.25, 0.3) is 0 Å². The van der Waals surface area contributed by atoms with E-state index in [0.29, 0.717) is 5.92 Å². The molecule has 3 nitrogen and oxygen atoms in total. The second-order valence-electron chi connectivity index (χ2n) is 8.34. The zero-order valence-electron chi connectivity index (χ0n) is 16.6. The molecule has 1 aromatic rings.